The van der Waals surface area contributed by atoms with Crippen LogP contribution in [0.15, 0.2) is 0 Å². The first-order valence-corrected chi connectivity index (χ1v) is 8.09. The summed E-state index contributed by atoms with van der Waals surface area (Å²) < 4.78 is 25.9. The molecule has 7 heteroatoms. The fourth-order valence-corrected chi connectivity index (χ4v) is 4.09. The highest BCUT2D eigenvalue weighted by molar-refractivity contribution is 7.92. The molecule has 1 aromatic rings. The zero-order chi connectivity index (χ0) is 13.9. The number of aryl methyl sites for hydroxylation is 1. The first-order chi connectivity index (χ1) is 8.28. The van der Waals surface area contributed by atoms with E-state index in [-0.39, 0.29) is 16.3 Å². The Balaban J connectivity index is 3.05. The lowest BCUT2D eigenvalue weighted by molar-refractivity contribution is 0.0697. The Hall–Kier alpha value is -1.08. The fourth-order valence-electron chi connectivity index (χ4n) is 1.48. The number of aromatic carboxylic acids is 1. The topological polar surface area (TPSA) is 83.5 Å². The Morgan fingerprint density at radius 1 is 1.39 bits per heavy atom. The van der Waals surface area contributed by atoms with E-state index in [9.17, 15) is 13.2 Å². The quantitative estimate of drug-likeness (QED) is 0.844. The third-order valence-corrected chi connectivity index (χ3v) is 5.21. The predicted molar refractivity (Wildman–Crippen MR) is 73.1 cm³/mol. The second kappa shape index (κ2) is 5.71. The molecule has 0 aromatic carbocycles. The van der Waals surface area contributed by atoms with Gasteiger partial charge in [-0.05, 0) is 25.8 Å². The second-order valence-corrected chi connectivity index (χ2v) is 7.13. The van der Waals surface area contributed by atoms with Gasteiger partial charge in [0.2, 0.25) is 10.0 Å². The first kappa shape index (κ1) is 15.0. The van der Waals surface area contributed by atoms with Crippen molar-refractivity contribution in [1.82, 2.24) is 0 Å². The normalized spacial score (nSPS) is 11.5. The Morgan fingerprint density at radius 2 is 2.00 bits per heavy atom. The van der Waals surface area contributed by atoms with Crippen LogP contribution in [-0.4, -0.2) is 25.2 Å². The maximum Gasteiger partial charge on any atom is 0.339 e. The lowest BCUT2D eigenvalue weighted by Crippen LogP contribution is -2.17. The summed E-state index contributed by atoms with van der Waals surface area (Å²) in [6, 6.07) is 0. The molecule has 0 radical (unpaired) electrons. The molecule has 102 valence electrons. The number of unbranched alkanes of at least 4 members (excludes halogenated alkanes) is 1. The van der Waals surface area contributed by atoms with E-state index in [0.717, 1.165) is 22.6 Å². The molecule has 2 N–H and O–H groups in total. The van der Waals surface area contributed by atoms with Crippen LogP contribution in [0.5, 0.6) is 0 Å². The monoisotopic (exact) mass is 291 g/mol. The van der Waals surface area contributed by atoms with Crippen molar-refractivity contribution < 1.29 is 18.3 Å². The van der Waals surface area contributed by atoms with E-state index < -0.39 is 16.0 Å². The van der Waals surface area contributed by atoms with Gasteiger partial charge in [0, 0.05) is 4.88 Å². The summed E-state index contributed by atoms with van der Waals surface area (Å²) in [4.78, 5) is 11.9. The number of carboxylic acids is 1. The molecule has 0 aliphatic heterocycles. The first-order valence-electron chi connectivity index (χ1n) is 5.62. The Bertz CT molecular complexity index is 546. The minimum atomic E-state index is -3.46. The van der Waals surface area contributed by atoms with Crippen LogP contribution in [-0.2, 0) is 10.0 Å². The molecule has 0 fully saturated rings. The van der Waals surface area contributed by atoms with Gasteiger partial charge >= 0.3 is 5.97 Å². The minimum absolute atomic E-state index is 0.0125. The van der Waals surface area contributed by atoms with E-state index in [2.05, 4.69) is 4.72 Å². The Morgan fingerprint density at radius 3 is 2.50 bits per heavy atom. The molecular weight excluding hydrogens is 274 g/mol. The lowest BCUT2D eigenvalue weighted by Gasteiger charge is -2.06. The second-order valence-electron chi connectivity index (χ2n) is 4.07. The van der Waals surface area contributed by atoms with Gasteiger partial charge in [-0.3, -0.25) is 4.72 Å². The highest BCUT2D eigenvalue weighted by atomic mass is 32.2. The summed E-state index contributed by atoms with van der Waals surface area (Å²) in [5.74, 6) is -1.09. The van der Waals surface area contributed by atoms with Crippen LogP contribution in [0.2, 0.25) is 0 Å². The van der Waals surface area contributed by atoms with Crippen LogP contribution in [0.25, 0.3) is 0 Å². The number of anilines is 1. The van der Waals surface area contributed by atoms with Gasteiger partial charge in [0.25, 0.3) is 0 Å². The summed E-state index contributed by atoms with van der Waals surface area (Å²) in [6.45, 7) is 5.35. The lowest BCUT2D eigenvalue weighted by atomic mass is 10.2. The van der Waals surface area contributed by atoms with Crippen LogP contribution in [0.4, 0.5) is 5.00 Å². The summed E-state index contributed by atoms with van der Waals surface area (Å²) >= 11 is 1.16. The smallest absolute Gasteiger partial charge is 0.339 e. The molecule has 0 atom stereocenters. The van der Waals surface area contributed by atoms with Crippen molar-refractivity contribution in [3.63, 3.8) is 0 Å². The number of nitrogens with one attached hydrogen (secondary N) is 1. The summed E-state index contributed by atoms with van der Waals surface area (Å²) in [5.41, 5.74) is 0.665. The van der Waals surface area contributed by atoms with Crippen LogP contribution in [0, 0.1) is 13.8 Å². The van der Waals surface area contributed by atoms with Crippen molar-refractivity contribution in [1.29, 1.82) is 0 Å². The summed E-state index contributed by atoms with van der Waals surface area (Å²) in [5, 5.41) is 9.31. The third kappa shape index (κ3) is 3.46. The van der Waals surface area contributed by atoms with Crippen molar-refractivity contribution in [2.24, 2.45) is 0 Å². The maximum atomic E-state index is 11.8. The summed E-state index contributed by atoms with van der Waals surface area (Å²) in [6.07, 6.45) is 1.33. The molecule has 0 saturated carbocycles. The van der Waals surface area contributed by atoms with E-state index in [4.69, 9.17) is 5.11 Å². The largest absolute Gasteiger partial charge is 0.478 e. The van der Waals surface area contributed by atoms with Crippen molar-refractivity contribution in [2.45, 2.75) is 33.6 Å². The maximum absolute atomic E-state index is 11.8. The van der Waals surface area contributed by atoms with Gasteiger partial charge in [0.15, 0.2) is 0 Å². The van der Waals surface area contributed by atoms with E-state index in [1.165, 1.54) is 0 Å². The fraction of sp³-hybridized carbons (Fsp3) is 0.545. The van der Waals surface area contributed by atoms with Gasteiger partial charge in [-0.2, -0.15) is 0 Å². The van der Waals surface area contributed by atoms with Gasteiger partial charge in [0.05, 0.1) is 11.3 Å². The highest BCUT2D eigenvalue weighted by Gasteiger charge is 2.22. The number of carbonyl (C=O) groups is 1. The van der Waals surface area contributed by atoms with Crippen LogP contribution in [0.3, 0.4) is 0 Å². The molecule has 5 nitrogen and oxygen atoms in total. The molecule has 1 rings (SSSR count). The van der Waals surface area contributed by atoms with Crippen molar-refractivity contribution >= 4 is 32.3 Å². The van der Waals surface area contributed by atoms with Gasteiger partial charge in [0.1, 0.15) is 5.00 Å². The third-order valence-electron chi connectivity index (χ3n) is 2.61. The van der Waals surface area contributed by atoms with Crippen LogP contribution < -0.4 is 4.72 Å². The van der Waals surface area contributed by atoms with Crippen LogP contribution in [0.1, 0.15) is 40.6 Å². The van der Waals surface area contributed by atoms with Gasteiger partial charge < -0.3 is 5.11 Å². The van der Waals surface area contributed by atoms with Gasteiger partial charge in [-0.1, -0.05) is 13.3 Å². The molecule has 1 heterocycles. The van der Waals surface area contributed by atoms with E-state index in [1.807, 2.05) is 6.92 Å². The Labute approximate surface area is 111 Å². The molecule has 0 aliphatic rings. The zero-order valence-corrected chi connectivity index (χ0v) is 12.2. The zero-order valence-electron chi connectivity index (χ0n) is 10.6. The molecule has 1 aromatic heterocycles. The SMILES string of the molecule is CCCCS(=O)(=O)Nc1sc(C)c(C)c1C(=O)O. The van der Waals surface area contributed by atoms with Crippen molar-refractivity contribution in [3.8, 4) is 0 Å². The van der Waals surface area contributed by atoms with Crippen molar-refractivity contribution in [3.05, 3.63) is 16.0 Å². The molecule has 0 saturated heterocycles. The van der Waals surface area contributed by atoms with E-state index in [0.29, 0.717) is 12.0 Å². The van der Waals surface area contributed by atoms with E-state index in [1.54, 1.807) is 13.8 Å². The number of carboxylic acid groups (broad SMARTS) is 1. The molecule has 18 heavy (non-hydrogen) atoms. The standard InChI is InChI=1S/C11H17NO4S2/c1-4-5-6-18(15,16)12-10-9(11(13)14)7(2)8(3)17-10/h12H,4-6H2,1-3H3,(H,13,14). The van der Waals surface area contributed by atoms with Crippen molar-refractivity contribution in [2.75, 3.05) is 10.5 Å². The van der Waals surface area contributed by atoms with E-state index >= 15 is 0 Å². The molecule has 0 bridgehead atoms. The van der Waals surface area contributed by atoms with Gasteiger partial charge in [-0.25, -0.2) is 13.2 Å². The number of thiophene rings is 1. The summed E-state index contributed by atoms with van der Waals surface area (Å²) in [7, 11) is -3.46. The number of rotatable bonds is 6. The number of hydrogen-bond acceptors (Lipinski definition) is 4. The highest BCUT2D eigenvalue weighted by Crippen LogP contribution is 2.33. The Kier molecular flexibility index (Phi) is 4.75. The van der Waals surface area contributed by atoms with Crippen LogP contribution >= 0.6 is 11.3 Å². The average Bonchev–Trinajstić information content (AvgIpc) is 2.51. The molecule has 0 amide bonds. The molecular formula is C11H17NO4S2. The average molecular weight is 291 g/mol. The predicted octanol–water partition coefficient (Wildman–Crippen LogP) is 2.60. The molecule has 0 spiro atoms. The number of hydrogen-bond donors (Lipinski definition) is 2. The minimum Gasteiger partial charge on any atom is -0.478 e. The van der Waals surface area contributed by atoms with Gasteiger partial charge in [-0.15, -0.1) is 11.3 Å². The number of sulfonamides is 1. The molecule has 0 aliphatic carbocycles. The molecule has 0 unspecified atom stereocenters.